The SMILES string of the molecule is Cn1cc(Cn2ccnc2CCN)cn1. The Labute approximate surface area is 88.5 Å². The molecular weight excluding hydrogens is 190 g/mol. The van der Waals surface area contributed by atoms with E-state index in [9.17, 15) is 0 Å². The summed E-state index contributed by atoms with van der Waals surface area (Å²) in [6.45, 7) is 1.44. The molecule has 0 saturated heterocycles. The summed E-state index contributed by atoms with van der Waals surface area (Å²) in [5.41, 5.74) is 6.69. The molecule has 0 spiro atoms. The van der Waals surface area contributed by atoms with Crippen LogP contribution in [0.3, 0.4) is 0 Å². The first kappa shape index (κ1) is 9.92. The predicted octanol–water partition coefficient (Wildman–Crippen LogP) is 0.166. The van der Waals surface area contributed by atoms with Gasteiger partial charge in [0, 0.05) is 37.6 Å². The standard InChI is InChI=1S/C10H15N5/c1-14-7-9(6-13-14)8-15-5-4-12-10(15)2-3-11/h4-7H,2-3,8,11H2,1H3. The molecule has 2 N–H and O–H groups in total. The van der Waals surface area contributed by atoms with E-state index in [2.05, 4.69) is 14.6 Å². The highest BCUT2D eigenvalue weighted by molar-refractivity contribution is 5.07. The molecule has 5 nitrogen and oxygen atoms in total. The van der Waals surface area contributed by atoms with Crippen LogP contribution in [0.4, 0.5) is 0 Å². The van der Waals surface area contributed by atoms with E-state index in [0.717, 1.165) is 18.8 Å². The van der Waals surface area contributed by atoms with Gasteiger partial charge in [0.25, 0.3) is 0 Å². The molecule has 0 saturated carbocycles. The van der Waals surface area contributed by atoms with Crippen LogP contribution in [0.5, 0.6) is 0 Å². The van der Waals surface area contributed by atoms with E-state index in [-0.39, 0.29) is 0 Å². The van der Waals surface area contributed by atoms with E-state index in [0.29, 0.717) is 6.54 Å². The molecule has 0 unspecified atom stereocenters. The van der Waals surface area contributed by atoms with Gasteiger partial charge in [0.2, 0.25) is 0 Å². The van der Waals surface area contributed by atoms with E-state index < -0.39 is 0 Å². The predicted molar refractivity (Wildman–Crippen MR) is 57.3 cm³/mol. The highest BCUT2D eigenvalue weighted by Gasteiger charge is 2.03. The first-order valence-electron chi connectivity index (χ1n) is 4.97. The van der Waals surface area contributed by atoms with E-state index >= 15 is 0 Å². The third-order valence-electron chi connectivity index (χ3n) is 2.28. The average molecular weight is 205 g/mol. The van der Waals surface area contributed by atoms with Crippen molar-refractivity contribution in [2.45, 2.75) is 13.0 Å². The van der Waals surface area contributed by atoms with E-state index in [1.807, 2.05) is 25.6 Å². The summed E-state index contributed by atoms with van der Waals surface area (Å²) in [6.07, 6.45) is 8.46. The Hall–Kier alpha value is -1.62. The Morgan fingerprint density at radius 3 is 3.00 bits per heavy atom. The van der Waals surface area contributed by atoms with E-state index in [4.69, 9.17) is 5.73 Å². The second-order valence-corrected chi connectivity index (χ2v) is 3.53. The summed E-state index contributed by atoms with van der Waals surface area (Å²) in [5, 5.41) is 4.13. The number of aryl methyl sites for hydroxylation is 1. The van der Waals surface area contributed by atoms with Gasteiger partial charge < -0.3 is 10.3 Å². The van der Waals surface area contributed by atoms with Crippen molar-refractivity contribution >= 4 is 0 Å². The zero-order valence-electron chi connectivity index (χ0n) is 8.80. The zero-order chi connectivity index (χ0) is 10.7. The van der Waals surface area contributed by atoms with Crippen molar-refractivity contribution in [2.75, 3.05) is 6.54 Å². The molecule has 0 atom stereocenters. The monoisotopic (exact) mass is 205 g/mol. The molecule has 0 aliphatic rings. The average Bonchev–Trinajstić information content (AvgIpc) is 2.78. The molecule has 80 valence electrons. The second-order valence-electron chi connectivity index (χ2n) is 3.53. The minimum absolute atomic E-state index is 0.629. The van der Waals surface area contributed by atoms with Crippen LogP contribution < -0.4 is 5.73 Å². The normalized spacial score (nSPS) is 10.8. The lowest BCUT2D eigenvalue weighted by Gasteiger charge is -2.04. The van der Waals surface area contributed by atoms with Gasteiger partial charge in [0.15, 0.2) is 0 Å². The van der Waals surface area contributed by atoms with Gasteiger partial charge in [-0.2, -0.15) is 5.10 Å². The number of rotatable bonds is 4. The second kappa shape index (κ2) is 4.27. The number of hydrogen-bond acceptors (Lipinski definition) is 3. The quantitative estimate of drug-likeness (QED) is 0.773. The Balaban J connectivity index is 2.13. The first-order chi connectivity index (χ1) is 7.29. The number of aromatic nitrogens is 4. The third kappa shape index (κ3) is 2.24. The van der Waals surface area contributed by atoms with Crippen LogP contribution in [0.25, 0.3) is 0 Å². The van der Waals surface area contributed by atoms with Gasteiger partial charge in [0.1, 0.15) is 5.82 Å². The summed E-state index contributed by atoms with van der Waals surface area (Å²) in [4.78, 5) is 4.26. The molecule has 15 heavy (non-hydrogen) atoms. The topological polar surface area (TPSA) is 61.7 Å². The maximum Gasteiger partial charge on any atom is 0.110 e. The lowest BCUT2D eigenvalue weighted by molar-refractivity contribution is 0.714. The number of imidazole rings is 1. The molecule has 5 heteroatoms. The van der Waals surface area contributed by atoms with Crippen molar-refractivity contribution in [1.82, 2.24) is 19.3 Å². The molecule has 2 heterocycles. The Morgan fingerprint density at radius 2 is 2.33 bits per heavy atom. The maximum atomic E-state index is 5.52. The lowest BCUT2D eigenvalue weighted by Crippen LogP contribution is -2.10. The van der Waals surface area contributed by atoms with Crippen LogP contribution in [0.1, 0.15) is 11.4 Å². The van der Waals surface area contributed by atoms with Crippen LogP contribution in [0.2, 0.25) is 0 Å². The molecule has 2 aromatic rings. The lowest BCUT2D eigenvalue weighted by atomic mass is 10.3. The van der Waals surface area contributed by atoms with E-state index in [1.165, 1.54) is 5.56 Å². The minimum Gasteiger partial charge on any atom is -0.330 e. The van der Waals surface area contributed by atoms with Crippen molar-refractivity contribution in [3.63, 3.8) is 0 Å². The van der Waals surface area contributed by atoms with Gasteiger partial charge in [-0.15, -0.1) is 0 Å². The molecule has 2 rings (SSSR count). The largest absolute Gasteiger partial charge is 0.330 e. The van der Waals surface area contributed by atoms with Gasteiger partial charge in [0.05, 0.1) is 12.7 Å². The van der Waals surface area contributed by atoms with Gasteiger partial charge in [-0.25, -0.2) is 4.98 Å². The van der Waals surface area contributed by atoms with Gasteiger partial charge in [-0.05, 0) is 6.54 Å². The summed E-state index contributed by atoms with van der Waals surface area (Å²) in [7, 11) is 1.91. The molecule has 0 aliphatic heterocycles. The molecule has 0 radical (unpaired) electrons. The van der Waals surface area contributed by atoms with Gasteiger partial charge >= 0.3 is 0 Å². The van der Waals surface area contributed by atoms with Crippen LogP contribution in [-0.4, -0.2) is 25.9 Å². The number of hydrogen-bond donors (Lipinski definition) is 1. The van der Waals surface area contributed by atoms with Crippen LogP contribution in [0, 0.1) is 0 Å². The number of nitrogens with zero attached hydrogens (tertiary/aromatic N) is 4. The van der Waals surface area contributed by atoms with Crippen molar-refractivity contribution in [3.8, 4) is 0 Å². The highest BCUT2D eigenvalue weighted by atomic mass is 15.2. The number of nitrogens with two attached hydrogens (primary N) is 1. The summed E-state index contributed by atoms with van der Waals surface area (Å²) >= 11 is 0. The van der Waals surface area contributed by atoms with E-state index in [1.54, 1.807) is 10.9 Å². The zero-order valence-corrected chi connectivity index (χ0v) is 8.80. The fraction of sp³-hybridized carbons (Fsp3) is 0.400. The van der Waals surface area contributed by atoms with Crippen molar-refractivity contribution in [1.29, 1.82) is 0 Å². The molecule has 0 aliphatic carbocycles. The van der Waals surface area contributed by atoms with Crippen molar-refractivity contribution in [2.24, 2.45) is 12.8 Å². The van der Waals surface area contributed by atoms with Crippen molar-refractivity contribution < 1.29 is 0 Å². The van der Waals surface area contributed by atoms with Gasteiger partial charge in [-0.3, -0.25) is 4.68 Å². The van der Waals surface area contributed by atoms with Crippen molar-refractivity contribution in [3.05, 3.63) is 36.2 Å². The molecular formula is C10H15N5. The summed E-state index contributed by atoms with van der Waals surface area (Å²) in [5.74, 6) is 1.03. The maximum absolute atomic E-state index is 5.52. The molecule has 0 fully saturated rings. The fourth-order valence-corrected chi connectivity index (χ4v) is 1.59. The third-order valence-corrected chi connectivity index (χ3v) is 2.28. The Bertz CT molecular complexity index is 428. The fourth-order valence-electron chi connectivity index (χ4n) is 1.59. The Kier molecular flexibility index (Phi) is 2.82. The van der Waals surface area contributed by atoms with Gasteiger partial charge in [-0.1, -0.05) is 0 Å². The minimum atomic E-state index is 0.629. The van der Waals surface area contributed by atoms with Crippen LogP contribution in [-0.2, 0) is 20.0 Å². The summed E-state index contributed by atoms with van der Waals surface area (Å²) < 4.78 is 3.90. The molecule has 0 bridgehead atoms. The summed E-state index contributed by atoms with van der Waals surface area (Å²) in [6, 6.07) is 0. The van der Waals surface area contributed by atoms with Crippen LogP contribution >= 0.6 is 0 Å². The molecule has 2 aromatic heterocycles. The molecule has 0 aromatic carbocycles. The smallest absolute Gasteiger partial charge is 0.110 e. The first-order valence-corrected chi connectivity index (χ1v) is 4.97. The highest BCUT2D eigenvalue weighted by Crippen LogP contribution is 2.04. The Morgan fingerprint density at radius 1 is 1.47 bits per heavy atom. The van der Waals surface area contributed by atoms with Crippen LogP contribution in [0.15, 0.2) is 24.8 Å². The molecule has 0 amide bonds.